The van der Waals surface area contributed by atoms with Crippen molar-refractivity contribution in [3.63, 3.8) is 0 Å². The van der Waals surface area contributed by atoms with E-state index in [4.69, 9.17) is 4.74 Å². The number of benzene rings is 1. The Morgan fingerprint density at radius 3 is 2.76 bits per heavy atom. The van der Waals surface area contributed by atoms with E-state index in [-0.39, 0.29) is 11.4 Å². The summed E-state index contributed by atoms with van der Waals surface area (Å²) >= 11 is 0. The number of methoxy groups -OCH3 is 1. The summed E-state index contributed by atoms with van der Waals surface area (Å²) in [5.41, 5.74) is 0.855. The molecule has 3 nitrogen and oxygen atoms in total. The molecule has 2 aliphatic rings. The molecule has 0 bridgehead atoms. The molecule has 2 fully saturated rings. The van der Waals surface area contributed by atoms with Crippen LogP contribution in [0.1, 0.15) is 32.3 Å². The van der Waals surface area contributed by atoms with Crippen molar-refractivity contribution in [1.29, 1.82) is 0 Å². The highest BCUT2D eigenvalue weighted by Gasteiger charge is 2.40. The number of piperazine rings is 1. The Labute approximate surface area is 126 Å². The number of hydrogen-bond acceptors (Lipinski definition) is 3. The van der Waals surface area contributed by atoms with Crippen molar-refractivity contribution in [2.45, 2.75) is 44.8 Å². The molecule has 1 atom stereocenters. The van der Waals surface area contributed by atoms with Gasteiger partial charge < -0.3 is 10.1 Å². The largest absolute Gasteiger partial charge is 0.497 e. The van der Waals surface area contributed by atoms with Crippen LogP contribution in [0.5, 0.6) is 5.75 Å². The first-order valence-corrected chi connectivity index (χ1v) is 7.80. The average Bonchev–Trinajstić information content (AvgIpc) is 3.25. The molecule has 1 N–H and O–H groups in total. The third kappa shape index (κ3) is 3.38. The normalized spacial score (nSPS) is 25.8. The van der Waals surface area contributed by atoms with Crippen LogP contribution in [0.15, 0.2) is 18.2 Å². The van der Waals surface area contributed by atoms with Crippen LogP contribution < -0.4 is 10.1 Å². The summed E-state index contributed by atoms with van der Waals surface area (Å²) in [5.74, 6) is 1.20. The van der Waals surface area contributed by atoms with Gasteiger partial charge in [-0.25, -0.2) is 4.39 Å². The Morgan fingerprint density at radius 1 is 1.38 bits per heavy atom. The molecule has 0 spiro atoms. The molecule has 21 heavy (non-hydrogen) atoms. The molecular weight excluding hydrogens is 267 g/mol. The van der Waals surface area contributed by atoms with Crippen LogP contribution in [-0.2, 0) is 6.54 Å². The predicted molar refractivity (Wildman–Crippen MR) is 82.0 cm³/mol. The second-order valence-corrected chi connectivity index (χ2v) is 7.03. The molecule has 1 unspecified atom stereocenters. The zero-order valence-electron chi connectivity index (χ0n) is 13.2. The predicted octanol–water partition coefficient (Wildman–Crippen LogP) is 2.80. The molecular formula is C17H25FN2O. The van der Waals surface area contributed by atoms with Gasteiger partial charge >= 0.3 is 0 Å². The van der Waals surface area contributed by atoms with E-state index in [9.17, 15) is 4.39 Å². The minimum Gasteiger partial charge on any atom is -0.497 e. The highest BCUT2D eigenvalue weighted by Crippen LogP contribution is 2.38. The Hall–Kier alpha value is -1.13. The van der Waals surface area contributed by atoms with Crippen molar-refractivity contribution in [2.24, 2.45) is 5.92 Å². The lowest BCUT2D eigenvalue weighted by molar-refractivity contribution is 0.0749. The van der Waals surface area contributed by atoms with Crippen LogP contribution >= 0.6 is 0 Å². The van der Waals surface area contributed by atoms with E-state index >= 15 is 0 Å². The number of ether oxygens (including phenoxy) is 1. The van der Waals surface area contributed by atoms with E-state index in [2.05, 4.69) is 24.1 Å². The quantitative estimate of drug-likeness (QED) is 0.923. The number of rotatable bonds is 4. The Kier molecular flexibility index (Phi) is 3.93. The summed E-state index contributed by atoms with van der Waals surface area (Å²) in [5, 5.41) is 3.62. The molecule has 116 valence electrons. The zero-order chi connectivity index (χ0) is 15.0. The maximum absolute atomic E-state index is 14.2. The van der Waals surface area contributed by atoms with E-state index in [1.807, 2.05) is 12.1 Å². The van der Waals surface area contributed by atoms with Crippen LogP contribution in [0.4, 0.5) is 4.39 Å². The molecule has 4 heteroatoms. The topological polar surface area (TPSA) is 24.5 Å². The molecule has 0 aromatic heterocycles. The third-order valence-electron chi connectivity index (χ3n) is 4.66. The second kappa shape index (κ2) is 5.58. The summed E-state index contributed by atoms with van der Waals surface area (Å²) in [6.07, 6.45) is 2.63. The smallest absolute Gasteiger partial charge is 0.131 e. The van der Waals surface area contributed by atoms with E-state index in [0.717, 1.165) is 24.6 Å². The third-order valence-corrected chi connectivity index (χ3v) is 4.66. The fourth-order valence-electron chi connectivity index (χ4n) is 3.31. The van der Waals surface area contributed by atoms with Crippen LogP contribution in [0.25, 0.3) is 0 Å². The summed E-state index contributed by atoms with van der Waals surface area (Å²) in [4.78, 5) is 2.46. The maximum atomic E-state index is 14.2. The Morgan fingerprint density at radius 2 is 2.14 bits per heavy atom. The first-order chi connectivity index (χ1) is 9.98. The van der Waals surface area contributed by atoms with Crippen molar-refractivity contribution < 1.29 is 9.13 Å². The fraction of sp³-hybridized carbons (Fsp3) is 0.647. The fourth-order valence-corrected chi connectivity index (χ4v) is 3.31. The maximum Gasteiger partial charge on any atom is 0.131 e. The number of nitrogens with zero attached hydrogens (tertiary/aromatic N) is 1. The van der Waals surface area contributed by atoms with Gasteiger partial charge in [0, 0.05) is 42.8 Å². The number of halogens is 1. The van der Waals surface area contributed by atoms with Crippen LogP contribution in [0, 0.1) is 11.7 Å². The molecule has 1 aromatic carbocycles. The van der Waals surface area contributed by atoms with Crippen LogP contribution in [0.2, 0.25) is 0 Å². The summed E-state index contributed by atoms with van der Waals surface area (Å²) < 4.78 is 19.3. The monoisotopic (exact) mass is 292 g/mol. The van der Waals surface area contributed by atoms with Gasteiger partial charge in [-0.05, 0) is 38.7 Å². The van der Waals surface area contributed by atoms with Crippen molar-refractivity contribution in [3.05, 3.63) is 29.6 Å². The van der Waals surface area contributed by atoms with Gasteiger partial charge in [0.2, 0.25) is 0 Å². The van der Waals surface area contributed by atoms with Crippen LogP contribution in [0.3, 0.4) is 0 Å². The van der Waals surface area contributed by atoms with Crippen LogP contribution in [-0.4, -0.2) is 36.7 Å². The van der Waals surface area contributed by atoms with E-state index < -0.39 is 0 Å². The highest BCUT2D eigenvalue weighted by molar-refractivity contribution is 5.29. The van der Waals surface area contributed by atoms with Gasteiger partial charge in [0.1, 0.15) is 11.6 Å². The molecule has 1 saturated carbocycles. The van der Waals surface area contributed by atoms with Gasteiger partial charge in [-0.1, -0.05) is 6.07 Å². The molecule has 0 radical (unpaired) electrons. The Balaban J connectivity index is 1.77. The minimum absolute atomic E-state index is 0.0916. The Bertz CT molecular complexity index is 514. The van der Waals surface area contributed by atoms with Crippen molar-refractivity contribution in [3.8, 4) is 5.75 Å². The summed E-state index contributed by atoms with van der Waals surface area (Å²) in [6, 6.07) is 5.72. The lowest BCUT2D eigenvalue weighted by atomic mass is 9.96. The van der Waals surface area contributed by atoms with Gasteiger partial charge in [-0.2, -0.15) is 0 Å². The zero-order valence-corrected chi connectivity index (χ0v) is 13.2. The highest BCUT2D eigenvalue weighted by atomic mass is 19.1. The molecule has 1 heterocycles. The lowest BCUT2D eigenvalue weighted by Gasteiger charge is -2.45. The van der Waals surface area contributed by atoms with Gasteiger partial charge in [-0.3, -0.25) is 4.90 Å². The molecule has 1 aliphatic carbocycles. The van der Waals surface area contributed by atoms with E-state index in [1.165, 1.54) is 18.9 Å². The molecule has 1 saturated heterocycles. The van der Waals surface area contributed by atoms with Crippen molar-refractivity contribution in [1.82, 2.24) is 10.2 Å². The molecule has 3 rings (SSSR count). The van der Waals surface area contributed by atoms with E-state index in [1.54, 1.807) is 7.11 Å². The first-order valence-electron chi connectivity index (χ1n) is 7.80. The lowest BCUT2D eigenvalue weighted by Crippen LogP contribution is -2.61. The van der Waals surface area contributed by atoms with Crippen molar-refractivity contribution in [2.75, 3.05) is 20.2 Å². The number of hydrogen-bond donors (Lipinski definition) is 1. The standard InChI is InChI=1S/C17H25FN2O/c1-17(2)11-20(16(9-19-17)12-4-5-12)10-13-6-7-14(21-3)8-15(13)18/h6-8,12,16,19H,4-5,9-11H2,1-3H3. The second-order valence-electron chi connectivity index (χ2n) is 7.03. The molecule has 1 aromatic rings. The SMILES string of the molecule is COc1ccc(CN2CC(C)(C)NCC2C2CC2)c(F)c1. The first kappa shape index (κ1) is 14.8. The summed E-state index contributed by atoms with van der Waals surface area (Å²) in [6.45, 7) is 7.08. The number of nitrogens with one attached hydrogen (secondary N) is 1. The van der Waals surface area contributed by atoms with Gasteiger partial charge in [0.05, 0.1) is 7.11 Å². The van der Waals surface area contributed by atoms with Crippen molar-refractivity contribution >= 4 is 0 Å². The minimum atomic E-state index is -0.166. The molecule has 1 aliphatic heterocycles. The average molecular weight is 292 g/mol. The van der Waals surface area contributed by atoms with Gasteiger partial charge in [0.15, 0.2) is 0 Å². The van der Waals surface area contributed by atoms with Gasteiger partial charge in [-0.15, -0.1) is 0 Å². The summed E-state index contributed by atoms with van der Waals surface area (Å²) in [7, 11) is 1.57. The molecule has 0 amide bonds. The van der Waals surface area contributed by atoms with Gasteiger partial charge in [0.25, 0.3) is 0 Å². The van der Waals surface area contributed by atoms with E-state index in [0.29, 0.717) is 18.3 Å².